The van der Waals surface area contributed by atoms with Crippen molar-refractivity contribution in [3.05, 3.63) is 24.3 Å². The summed E-state index contributed by atoms with van der Waals surface area (Å²) in [6, 6.07) is 0. The molecule has 270 valence electrons. The predicted octanol–water partition coefficient (Wildman–Crippen LogP) is 12.9. The Labute approximate surface area is 288 Å². The fourth-order valence-electron chi connectivity index (χ4n) is 6.20. The first-order valence-electron chi connectivity index (χ1n) is 20.5. The third kappa shape index (κ3) is 35.3. The normalized spacial score (nSPS) is 11.7. The Kier molecular flexibility index (Phi) is 36.6. The lowest BCUT2D eigenvalue weighted by atomic mass is 10.1. The van der Waals surface area contributed by atoms with E-state index in [1.807, 2.05) is 0 Å². The lowest BCUT2D eigenvalue weighted by Crippen LogP contribution is -2.32. The number of carbonyl (C=O) groups excluding carboxylic acids is 2. The predicted molar refractivity (Wildman–Crippen MR) is 203 cm³/mol. The second-order valence-corrected chi connectivity index (χ2v) is 13.9. The molecule has 0 radical (unpaired) electrons. The Morgan fingerprint density at radius 3 is 1.07 bits per heavy atom. The lowest BCUT2D eigenvalue weighted by molar-refractivity contribution is -0.131. The molecule has 0 aliphatic rings. The van der Waals surface area contributed by atoms with Crippen LogP contribution in [-0.2, 0) is 9.59 Å². The van der Waals surface area contributed by atoms with Gasteiger partial charge in [-0.2, -0.15) is 0 Å². The molecule has 2 N–H and O–H groups in total. The Bertz CT molecular complexity index is 660. The van der Waals surface area contributed by atoms with E-state index in [-0.39, 0.29) is 11.8 Å². The summed E-state index contributed by atoms with van der Waals surface area (Å²) >= 11 is 0. The highest BCUT2D eigenvalue weighted by Gasteiger charge is 2.13. The maximum Gasteiger partial charge on any atom is 0.222 e. The van der Waals surface area contributed by atoms with Gasteiger partial charge in [0.1, 0.15) is 0 Å². The van der Waals surface area contributed by atoms with Gasteiger partial charge in [0.15, 0.2) is 0 Å². The molecular formula is C42H80N2O2. The molecule has 0 fully saturated rings. The molecule has 0 unspecified atom stereocenters. The molecule has 0 aromatic carbocycles. The molecule has 46 heavy (non-hydrogen) atoms. The van der Waals surface area contributed by atoms with Gasteiger partial charge in [-0.3, -0.25) is 9.59 Å². The van der Waals surface area contributed by atoms with Crippen molar-refractivity contribution in [1.82, 2.24) is 4.90 Å². The summed E-state index contributed by atoms with van der Waals surface area (Å²) < 4.78 is 0. The van der Waals surface area contributed by atoms with Crippen LogP contribution in [0.2, 0.25) is 0 Å². The maximum absolute atomic E-state index is 13.0. The first-order valence-corrected chi connectivity index (χ1v) is 20.5. The number of nitrogens with two attached hydrogens (primary N) is 1. The summed E-state index contributed by atoms with van der Waals surface area (Å²) in [5.74, 6) is 0.00245. The number of hydrogen-bond donors (Lipinski definition) is 1. The van der Waals surface area contributed by atoms with Gasteiger partial charge in [0.25, 0.3) is 0 Å². The van der Waals surface area contributed by atoms with Crippen molar-refractivity contribution < 1.29 is 9.59 Å². The molecule has 0 saturated heterocycles. The van der Waals surface area contributed by atoms with Gasteiger partial charge in [-0.15, -0.1) is 0 Å². The van der Waals surface area contributed by atoms with E-state index in [4.69, 9.17) is 5.73 Å². The van der Waals surface area contributed by atoms with Gasteiger partial charge in [-0.25, -0.2) is 0 Å². The van der Waals surface area contributed by atoms with Crippen LogP contribution >= 0.6 is 0 Å². The van der Waals surface area contributed by atoms with E-state index in [1.54, 1.807) is 0 Å². The van der Waals surface area contributed by atoms with Crippen LogP contribution in [0.1, 0.15) is 219 Å². The van der Waals surface area contributed by atoms with Gasteiger partial charge >= 0.3 is 0 Å². The standard InChI is InChI=1S/C42H80N2O2/c1-3-5-7-9-11-13-15-17-19-21-23-25-27-29-31-35-39-44(42(46)38-34-33-37-41(43)45)40-36-32-30-28-26-24-22-20-18-16-14-12-10-8-6-4-2/h17-20H,3-16,21-40H2,1-2H3,(H2,43,45). The van der Waals surface area contributed by atoms with Crippen molar-refractivity contribution in [2.24, 2.45) is 5.73 Å². The number of amides is 2. The average Bonchev–Trinajstić information content (AvgIpc) is 3.05. The van der Waals surface area contributed by atoms with E-state index in [0.29, 0.717) is 12.8 Å². The van der Waals surface area contributed by atoms with Crippen molar-refractivity contribution >= 4 is 11.8 Å². The number of unbranched alkanes of at least 4 members (excludes halogenated alkanes) is 25. The molecule has 4 heteroatoms. The number of primary amides is 1. The fourth-order valence-corrected chi connectivity index (χ4v) is 6.20. The second kappa shape index (κ2) is 37.9. The maximum atomic E-state index is 13.0. The molecule has 0 atom stereocenters. The molecule has 0 aromatic rings. The number of carbonyl (C=O) groups is 2. The Hall–Kier alpha value is -1.58. The topological polar surface area (TPSA) is 63.4 Å². The number of nitrogens with zero attached hydrogens (tertiary/aromatic N) is 1. The van der Waals surface area contributed by atoms with E-state index in [1.165, 1.54) is 167 Å². The summed E-state index contributed by atoms with van der Waals surface area (Å²) in [5.41, 5.74) is 5.28. The highest BCUT2D eigenvalue weighted by atomic mass is 16.2. The number of hydrogen-bond acceptors (Lipinski definition) is 2. The van der Waals surface area contributed by atoms with E-state index in [2.05, 4.69) is 43.1 Å². The van der Waals surface area contributed by atoms with Gasteiger partial charge < -0.3 is 10.6 Å². The van der Waals surface area contributed by atoms with Crippen molar-refractivity contribution in [2.75, 3.05) is 13.1 Å². The monoisotopic (exact) mass is 645 g/mol. The average molecular weight is 645 g/mol. The molecule has 0 saturated carbocycles. The second-order valence-electron chi connectivity index (χ2n) is 13.9. The molecule has 0 bridgehead atoms. The Morgan fingerprint density at radius 1 is 0.413 bits per heavy atom. The lowest BCUT2D eigenvalue weighted by Gasteiger charge is -2.23. The highest BCUT2D eigenvalue weighted by molar-refractivity contribution is 5.76. The van der Waals surface area contributed by atoms with Crippen LogP contribution in [0.15, 0.2) is 24.3 Å². The Morgan fingerprint density at radius 2 is 0.717 bits per heavy atom. The van der Waals surface area contributed by atoms with Crippen LogP contribution in [0.5, 0.6) is 0 Å². The quantitative estimate of drug-likeness (QED) is 0.0540. The van der Waals surface area contributed by atoms with E-state index >= 15 is 0 Å². The SMILES string of the molecule is CCCCCCCCC=CCCCCCCCCN(CCCCCCCCC=CCCCCCCCC)C(=O)CCCCC(N)=O. The summed E-state index contributed by atoms with van der Waals surface area (Å²) in [5, 5.41) is 0. The minimum absolute atomic E-state index is 0.266. The number of rotatable bonds is 37. The van der Waals surface area contributed by atoms with Gasteiger partial charge in [-0.05, 0) is 77.0 Å². The van der Waals surface area contributed by atoms with Crippen molar-refractivity contribution in [3.8, 4) is 0 Å². The van der Waals surface area contributed by atoms with Gasteiger partial charge in [0.05, 0.1) is 0 Å². The zero-order valence-electron chi connectivity index (χ0n) is 31.2. The molecule has 4 nitrogen and oxygen atoms in total. The van der Waals surface area contributed by atoms with Crippen molar-refractivity contribution in [2.45, 2.75) is 219 Å². The zero-order chi connectivity index (χ0) is 33.6. The van der Waals surface area contributed by atoms with Crippen LogP contribution in [0.4, 0.5) is 0 Å². The zero-order valence-corrected chi connectivity index (χ0v) is 31.2. The third-order valence-corrected chi connectivity index (χ3v) is 9.30. The first kappa shape index (κ1) is 44.4. The first-order chi connectivity index (χ1) is 22.6. The summed E-state index contributed by atoms with van der Waals surface area (Å²) in [4.78, 5) is 26.1. The largest absolute Gasteiger partial charge is 0.370 e. The molecule has 0 aliphatic heterocycles. The summed E-state index contributed by atoms with van der Waals surface area (Å²) in [6.45, 7) is 6.34. The van der Waals surface area contributed by atoms with Crippen molar-refractivity contribution in [3.63, 3.8) is 0 Å². The van der Waals surface area contributed by atoms with Gasteiger partial charge in [0, 0.05) is 25.9 Å². The molecule has 0 aliphatic carbocycles. The molecular weight excluding hydrogens is 564 g/mol. The van der Waals surface area contributed by atoms with Crippen LogP contribution in [0, 0.1) is 0 Å². The third-order valence-electron chi connectivity index (χ3n) is 9.30. The minimum Gasteiger partial charge on any atom is -0.370 e. The fraction of sp³-hybridized carbons (Fsp3) is 0.857. The Balaban J connectivity index is 3.97. The molecule has 2 amide bonds. The van der Waals surface area contributed by atoms with E-state index in [0.717, 1.165) is 38.8 Å². The van der Waals surface area contributed by atoms with Gasteiger partial charge in [0.2, 0.25) is 11.8 Å². The highest BCUT2D eigenvalue weighted by Crippen LogP contribution is 2.14. The smallest absolute Gasteiger partial charge is 0.222 e. The molecule has 0 rings (SSSR count). The molecule has 0 heterocycles. The summed E-state index contributed by atoms with van der Waals surface area (Å²) in [6.07, 6.45) is 48.6. The van der Waals surface area contributed by atoms with Crippen LogP contribution in [-0.4, -0.2) is 29.8 Å². The minimum atomic E-state index is -0.266. The van der Waals surface area contributed by atoms with Crippen molar-refractivity contribution in [1.29, 1.82) is 0 Å². The van der Waals surface area contributed by atoms with Crippen LogP contribution < -0.4 is 5.73 Å². The van der Waals surface area contributed by atoms with E-state index < -0.39 is 0 Å². The van der Waals surface area contributed by atoms with Crippen LogP contribution in [0.25, 0.3) is 0 Å². The summed E-state index contributed by atoms with van der Waals surface area (Å²) in [7, 11) is 0. The molecule has 0 spiro atoms. The van der Waals surface area contributed by atoms with Gasteiger partial charge in [-0.1, -0.05) is 154 Å². The van der Waals surface area contributed by atoms with E-state index in [9.17, 15) is 9.59 Å². The van der Waals surface area contributed by atoms with Crippen LogP contribution in [0.3, 0.4) is 0 Å². The molecule has 0 aromatic heterocycles. The number of allylic oxidation sites excluding steroid dienone is 4.